The van der Waals surface area contributed by atoms with Crippen molar-refractivity contribution in [2.24, 2.45) is 0 Å². The van der Waals surface area contributed by atoms with Crippen molar-refractivity contribution in [3.63, 3.8) is 0 Å². The molecule has 7 heteroatoms. The van der Waals surface area contributed by atoms with E-state index in [4.69, 9.17) is 16.3 Å². The van der Waals surface area contributed by atoms with Crippen molar-refractivity contribution < 1.29 is 13.2 Å². The quantitative estimate of drug-likeness (QED) is 0.861. The van der Waals surface area contributed by atoms with Gasteiger partial charge in [-0.15, -0.1) is 0 Å². The molecule has 2 aliphatic heterocycles. The van der Waals surface area contributed by atoms with Crippen molar-refractivity contribution in [1.82, 2.24) is 10.0 Å². The van der Waals surface area contributed by atoms with Gasteiger partial charge in [-0.2, -0.15) is 0 Å². The van der Waals surface area contributed by atoms with Gasteiger partial charge < -0.3 is 10.1 Å². The lowest BCUT2D eigenvalue weighted by Crippen LogP contribution is -2.41. The minimum atomic E-state index is -3.63. The highest BCUT2D eigenvalue weighted by Crippen LogP contribution is 2.35. The van der Waals surface area contributed by atoms with Gasteiger partial charge >= 0.3 is 0 Å². The Morgan fingerprint density at radius 1 is 1.38 bits per heavy atom. The number of ether oxygens (including phenoxy) is 1. The Balaban J connectivity index is 1.82. The van der Waals surface area contributed by atoms with Gasteiger partial charge in [-0.25, -0.2) is 13.1 Å². The molecule has 0 saturated carbocycles. The summed E-state index contributed by atoms with van der Waals surface area (Å²) in [6, 6.07) is 4.92. The molecule has 0 spiro atoms. The van der Waals surface area contributed by atoms with Gasteiger partial charge in [0.15, 0.2) is 0 Å². The zero-order valence-electron chi connectivity index (χ0n) is 11.8. The number of sulfonamides is 1. The molecule has 1 aromatic carbocycles. The monoisotopic (exact) mass is 330 g/mol. The molecular formula is C14H19ClN2O3S. The van der Waals surface area contributed by atoms with Gasteiger partial charge in [0.25, 0.3) is 0 Å². The van der Waals surface area contributed by atoms with Crippen LogP contribution in [0.25, 0.3) is 0 Å². The summed E-state index contributed by atoms with van der Waals surface area (Å²) in [7, 11) is -1.81. The van der Waals surface area contributed by atoms with E-state index < -0.39 is 10.0 Å². The second kappa shape index (κ2) is 5.85. The van der Waals surface area contributed by atoms with Crippen molar-refractivity contribution in [2.45, 2.75) is 49.0 Å². The summed E-state index contributed by atoms with van der Waals surface area (Å²) in [5.41, 5.74) is 0.881. The average Bonchev–Trinajstić information content (AvgIpc) is 3.03. The van der Waals surface area contributed by atoms with Gasteiger partial charge in [-0.05, 0) is 44.0 Å². The third kappa shape index (κ3) is 3.10. The van der Waals surface area contributed by atoms with Crippen LogP contribution >= 0.6 is 11.6 Å². The number of nitrogens with one attached hydrogen (secondary N) is 2. The maximum Gasteiger partial charge on any atom is 0.242 e. The molecule has 2 heterocycles. The predicted octanol–water partition coefficient (Wildman–Crippen LogP) is 1.66. The second-order valence-electron chi connectivity index (χ2n) is 5.63. The Morgan fingerprint density at radius 3 is 2.81 bits per heavy atom. The second-order valence-corrected chi connectivity index (χ2v) is 7.72. The van der Waals surface area contributed by atoms with Crippen LogP contribution in [0.15, 0.2) is 23.1 Å². The Kier molecular flexibility index (Phi) is 4.25. The van der Waals surface area contributed by atoms with E-state index >= 15 is 0 Å². The molecule has 0 radical (unpaired) electrons. The number of hydrogen-bond donors (Lipinski definition) is 2. The molecule has 0 amide bonds. The van der Waals surface area contributed by atoms with Crippen LogP contribution in [0.1, 0.15) is 24.8 Å². The maximum absolute atomic E-state index is 12.6. The van der Waals surface area contributed by atoms with Crippen molar-refractivity contribution in [3.05, 3.63) is 28.8 Å². The number of fused-ring (bicyclic) bond motifs is 2. The summed E-state index contributed by atoms with van der Waals surface area (Å²) in [6.45, 7) is 0.594. The molecule has 2 fully saturated rings. The van der Waals surface area contributed by atoms with E-state index in [9.17, 15) is 8.42 Å². The van der Waals surface area contributed by atoms with Crippen molar-refractivity contribution in [1.29, 1.82) is 0 Å². The third-order valence-electron chi connectivity index (χ3n) is 4.08. The molecule has 21 heavy (non-hydrogen) atoms. The predicted molar refractivity (Wildman–Crippen MR) is 80.8 cm³/mol. The summed E-state index contributed by atoms with van der Waals surface area (Å²) in [5.74, 6) is 0. The molecule has 116 valence electrons. The van der Waals surface area contributed by atoms with Gasteiger partial charge in [0, 0.05) is 6.54 Å². The fourth-order valence-corrected chi connectivity index (χ4v) is 4.92. The van der Waals surface area contributed by atoms with E-state index in [1.165, 1.54) is 0 Å². The van der Waals surface area contributed by atoms with Crippen molar-refractivity contribution in [2.75, 3.05) is 7.05 Å². The minimum Gasteiger partial charge on any atom is -0.373 e. The van der Waals surface area contributed by atoms with Crippen LogP contribution in [-0.4, -0.2) is 33.7 Å². The number of halogens is 1. The van der Waals surface area contributed by atoms with Crippen LogP contribution in [0.4, 0.5) is 0 Å². The number of hydrogen-bond acceptors (Lipinski definition) is 4. The maximum atomic E-state index is 12.6. The first-order valence-corrected chi connectivity index (χ1v) is 8.96. The molecule has 5 nitrogen and oxygen atoms in total. The normalized spacial score (nSPS) is 28.2. The van der Waals surface area contributed by atoms with Crippen LogP contribution in [0.5, 0.6) is 0 Å². The van der Waals surface area contributed by atoms with Gasteiger partial charge in [0.05, 0.1) is 23.3 Å². The first-order chi connectivity index (χ1) is 9.99. The fourth-order valence-electron chi connectivity index (χ4n) is 3.09. The van der Waals surface area contributed by atoms with E-state index in [-0.39, 0.29) is 28.2 Å². The molecule has 0 aliphatic carbocycles. The Hall–Kier alpha value is -0.660. The molecule has 0 aromatic heterocycles. The highest BCUT2D eigenvalue weighted by Gasteiger charge is 2.42. The summed E-state index contributed by atoms with van der Waals surface area (Å²) >= 11 is 6.07. The van der Waals surface area contributed by atoms with Crippen molar-refractivity contribution in [3.8, 4) is 0 Å². The van der Waals surface area contributed by atoms with Crippen molar-refractivity contribution >= 4 is 21.6 Å². The third-order valence-corrected chi connectivity index (χ3v) is 6.05. The SMILES string of the molecule is CNCc1ccc(Cl)c(S(=O)(=O)NC2CC3CCC2O3)c1. The summed E-state index contributed by atoms with van der Waals surface area (Å²) in [5, 5.41) is 3.24. The molecule has 1 aromatic rings. The Bertz CT molecular complexity index is 635. The van der Waals surface area contributed by atoms with E-state index in [1.54, 1.807) is 12.1 Å². The van der Waals surface area contributed by atoms with Crippen LogP contribution in [0.2, 0.25) is 5.02 Å². The molecule has 2 aliphatic rings. The number of benzene rings is 1. The molecule has 2 saturated heterocycles. The highest BCUT2D eigenvalue weighted by atomic mass is 35.5. The average molecular weight is 331 g/mol. The minimum absolute atomic E-state index is 0.00374. The first-order valence-electron chi connectivity index (χ1n) is 7.10. The summed E-state index contributed by atoms with van der Waals surface area (Å²) in [6.07, 6.45) is 2.91. The molecule has 3 unspecified atom stereocenters. The van der Waals surface area contributed by atoms with Gasteiger partial charge in [0.2, 0.25) is 10.0 Å². The fraction of sp³-hybridized carbons (Fsp3) is 0.571. The smallest absolute Gasteiger partial charge is 0.242 e. The van der Waals surface area contributed by atoms with Gasteiger partial charge in [0.1, 0.15) is 4.90 Å². The molecule has 2 bridgehead atoms. The van der Waals surface area contributed by atoms with Gasteiger partial charge in [-0.3, -0.25) is 0 Å². The topological polar surface area (TPSA) is 67.4 Å². The van der Waals surface area contributed by atoms with E-state index in [0.29, 0.717) is 6.54 Å². The lowest BCUT2D eigenvalue weighted by Gasteiger charge is -2.20. The number of rotatable bonds is 5. The Labute approximate surface area is 130 Å². The van der Waals surface area contributed by atoms with Crippen LogP contribution in [0, 0.1) is 0 Å². The van der Waals surface area contributed by atoms with Crippen LogP contribution in [0.3, 0.4) is 0 Å². The first kappa shape index (κ1) is 15.2. The van der Waals surface area contributed by atoms with Crippen LogP contribution < -0.4 is 10.0 Å². The zero-order valence-corrected chi connectivity index (χ0v) is 13.4. The zero-order chi connectivity index (χ0) is 15.0. The van der Waals surface area contributed by atoms with E-state index in [0.717, 1.165) is 24.8 Å². The Morgan fingerprint density at radius 2 is 2.19 bits per heavy atom. The van der Waals surface area contributed by atoms with E-state index in [1.807, 2.05) is 13.1 Å². The van der Waals surface area contributed by atoms with E-state index in [2.05, 4.69) is 10.0 Å². The molecule has 3 rings (SSSR count). The molecule has 2 N–H and O–H groups in total. The summed E-state index contributed by atoms with van der Waals surface area (Å²) < 4.78 is 33.6. The van der Waals surface area contributed by atoms with Crippen LogP contribution in [-0.2, 0) is 21.3 Å². The largest absolute Gasteiger partial charge is 0.373 e. The molecular weight excluding hydrogens is 312 g/mol. The molecule has 3 atom stereocenters. The lowest BCUT2D eigenvalue weighted by molar-refractivity contribution is 0.0996. The summed E-state index contributed by atoms with van der Waals surface area (Å²) in [4.78, 5) is 0.139. The van der Waals surface area contributed by atoms with Gasteiger partial charge in [-0.1, -0.05) is 17.7 Å². The standard InChI is InChI=1S/C14H19ClN2O3S/c1-16-8-9-2-4-11(15)14(6-9)21(18,19)17-12-7-10-3-5-13(12)20-10/h2,4,6,10,12-13,16-17H,3,5,7-8H2,1H3. The lowest BCUT2D eigenvalue weighted by atomic mass is 9.96. The highest BCUT2D eigenvalue weighted by molar-refractivity contribution is 7.89.